The highest BCUT2D eigenvalue weighted by atomic mass is 16.5. The van der Waals surface area contributed by atoms with Crippen LogP contribution in [0, 0.1) is 6.92 Å². The van der Waals surface area contributed by atoms with Gasteiger partial charge in [0.25, 0.3) is 0 Å². The van der Waals surface area contributed by atoms with Crippen LogP contribution in [0.1, 0.15) is 26.5 Å². The molecule has 2 aromatic heterocycles. The standard InChI is InChI=1S/C12H11N3O3/c1-8-11(12(17)18-2)10(3-4-14-8)15-7-13-5-9(15)6-16/h3-7H,1-2H3. The average molecular weight is 245 g/mol. The van der Waals surface area contributed by atoms with Gasteiger partial charge in [0, 0.05) is 6.20 Å². The van der Waals surface area contributed by atoms with Crippen molar-refractivity contribution in [3.63, 3.8) is 0 Å². The first-order chi connectivity index (χ1) is 8.69. The maximum Gasteiger partial charge on any atom is 0.341 e. The molecule has 2 aromatic rings. The van der Waals surface area contributed by atoms with Crippen molar-refractivity contribution >= 4 is 12.3 Å². The second-order valence-electron chi connectivity index (χ2n) is 3.59. The third-order valence-electron chi connectivity index (χ3n) is 2.56. The Balaban J connectivity index is 2.68. The van der Waals surface area contributed by atoms with E-state index < -0.39 is 5.97 Å². The maximum absolute atomic E-state index is 11.8. The minimum Gasteiger partial charge on any atom is -0.465 e. The number of hydrogen-bond acceptors (Lipinski definition) is 5. The largest absolute Gasteiger partial charge is 0.465 e. The molecule has 0 atom stereocenters. The molecule has 6 nitrogen and oxygen atoms in total. The van der Waals surface area contributed by atoms with E-state index in [2.05, 4.69) is 9.97 Å². The Morgan fingerprint density at radius 2 is 2.28 bits per heavy atom. The van der Waals surface area contributed by atoms with Gasteiger partial charge in [-0.1, -0.05) is 0 Å². The van der Waals surface area contributed by atoms with Crippen LogP contribution in [0.3, 0.4) is 0 Å². The molecule has 0 N–H and O–H groups in total. The zero-order valence-corrected chi connectivity index (χ0v) is 9.95. The van der Waals surface area contributed by atoms with Crippen molar-refractivity contribution in [3.8, 4) is 5.69 Å². The Morgan fingerprint density at radius 3 is 2.94 bits per heavy atom. The number of aldehydes is 1. The van der Waals surface area contributed by atoms with Crippen molar-refractivity contribution in [1.82, 2.24) is 14.5 Å². The van der Waals surface area contributed by atoms with Crippen LogP contribution < -0.4 is 0 Å². The summed E-state index contributed by atoms with van der Waals surface area (Å²) in [6, 6.07) is 1.63. The van der Waals surface area contributed by atoms with Gasteiger partial charge in [-0.05, 0) is 13.0 Å². The smallest absolute Gasteiger partial charge is 0.341 e. The molecule has 0 fully saturated rings. The molecule has 0 aliphatic carbocycles. The molecule has 0 radical (unpaired) electrons. The van der Waals surface area contributed by atoms with Crippen molar-refractivity contribution in [2.24, 2.45) is 0 Å². The third kappa shape index (κ3) is 1.88. The zero-order valence-electron chi connectivity index (χ0n) is 9.95. The predicted molar refractivity (Wildman–Crippen MR) is 62.8 cm³/mol. The topological polar surface area (TPSA) is 74.1 Å². The third-order valence-corrected chi connectivity index (χ3v) is 2.56. The van der Waals surface area contributed by atoms with Gasteiger partial charge in [0.1, 0.15) is 11.3 Å². The molecule has 0 aliphatic rings. The van der Waals surface area contributed by atoms with Crippen molar-refractivity contribution in [2.75, 3.05) is 7.11 Å². The fourth-order valence-electron chi connectivity index (χ4n) is 1.70. The number of carbonyl (C=O) groups is 2. The summed E-state index contributed by atoms with van der Waals surface area (Å²) in [4.78, 5) is 30.6. The maximum atomic E-state index is 11.8. The minimum atomic E-state index is -0.499. The van der Waals surface area contributed by atoms with Gasteiger partial charge in [-0.2, -0.15) is 0 Å². The number of aryl methyl sites for hydroxylation is 1. The van der Waals surface area contributed by atoms with Gasteiger partial charge in [0.2, 0.25) is 0 Å². The molecular formula is C12H11N3O3. The van der Waals surface area contributed by atoms with Crippen molar-refractivity contribution < 1.29 is 14.3 Å². The zero-order chi connectivity index (χ0) is 13.1. The van der Waals surface area contributed by atoms with E-state index in [0.29, 0.717) is 28.9 Å². The van der Waals surface area contributed by atoms with Gasteiger partial charge in [0.05, 0.1) is 31.0 Å². The second kappa shape index (κ2) is 4.79. The van der Waals surface area contributed by atoms with Crippen molar-refractivity contribution in [1.29, 1.82) is 0 Å². The van der Waals surface area contributed by atoms with E-state index >= 15 is 0 Å². The summed E-state index contributed by atoms with van der Waals surface area (Å²) >= 11 is 0. The Morgan fingerprint density at radius 1 is 1.50 bits per heavy atom. The molecule has 0 amide bonds. The van der Waals surface area contributed by atoms with Gasteiger partial charge in [-0.25, -0.2) is 9.78 Å². The number of esters is 1. The molecule has 0 unspecified atom stereocenters. The number of ether oxygens (including phenoxy) is 1. The summed E-state index contributed by atoms with van der Waals surface area (Å²) in [6.45, 7) is 1.70. The molecule has 2 rings (SSSR count). The minimum absolute atomic E-state index is 0.320. The average Bonchev–Trinajstić information content (AvgIpc) is 2.85. The highest BCUT2D eigenvalue weighted by Gasteiger charge is 2.18. The molecule has 18 heavy (non-hydrogen) atoms. The molecule has 0 saturated heterocycles. The fourth-order valence-corrected chi connectivity index (χ4v) is 1.70. The molecular weight excluding hydrogens is 234 g/mol. The lowest BCUT2D eigenvalue weighted by Gasteiger charge is -2.11. The Labute approximate surface area is 103 Å². The van der Waals surface area contributed by atoms with Crippen molar-refractivity contribution in [2.45, 2.75) is 6.92 Å². The molecule has 6 heteroatoms. The highest BCUT2D eigenvalue weighted by Crippen LogP contribution is 2.19. The fraction of sp³-hybridized carbons (Fsp3) is 0.167. The van der Waals surface area contributed by atoms with E-state index in [4.69, 9.17) is 4.74 Å². The summed E-state index contributed by atoms with van der Waals surface area (Å²) in [6.07, 6.45) is 5.12. The highest BCUT2D eigenvalue weighted by molar-refractivity contribution is 5.95. The monoisotopic (exact) mass is 245 g/mol. The van der Waals surface area contributed by atoms with E-state index in [-0.39, 0.29) is 0 Å². The van der Waals surface area contributed by atoms with E-state index in [1.165, 1.54) is 24.2 Å². The first kappa shape index (κ1) is 12.0. The summed E-state index contributed by atoms with van der Waals surface area (Å²) in [7, 11) is 1.30. The number of imidazole rings is 1. The molecule has 0 saturated carbocycles. The summed E-state index contributed by atoms with van der Waals surface area (Å²) in [5.74, 6) is -0.499. The normalized spacial score (nSPS) is 10.1. The number of aromatic nitrogens is 3. The van der Waals surface area contributed by atoms with Crippen molar-refractivity contribution in [3.05, 3.63) is 41.7 Å². The van der Waals surface area contributed by atoms with Gasteiger partial charge in [-0.15, -0.1) is 0 Å². The summed E-state index contributed by atoms with van der Waals surface area (Å²) in [5.41, 5.74) is 1.73. The molecule has 0 bridgehead atoms. The van der Waals surface area contributed by atoms with Gasteiger partial charge in [-0.3, -0.25) is 14.3 Å². The van der Waals surface area contributed by atoms with Crippen LogP contribution in [0.4, 0.5) is 0 Å². The van der Waals surface area contributed by atoms with Gasteiger partial charge < -0.3 is 4.74 Å². The lowest BCUT2D eigenvalue weighted by Crippen LogP contribution is -2.12. The van der Waals surface area contributed by atoms with Gasteiger partial charge in [0.15, 0.2) is 6.29 Å². The molecule has 0 spiro atoms. The Kier molecular flexibility index (Phi) is 3.18. The number of methoxy groups -OCH3 is 1. The molecule has 2 heterocycles. The lowest BCUT2D eigenvalue weighted by molar-refractivity contribution is 0.0599. The summed E-state index contributed by atoms with van der Waals surface area (Å²) in [5, 5.41) is 0. The van der Waals surface area contributed by atoms with E-state index in [0.717, 1.165) is 0 Å². The van der Waals surface area contributed by atoms with Crippen LogP contribution >= 0.6 is 0 Å². The summed E-state index contributed by atoms with van der Waals surface area (Å²) < 4.78 is 6.25. The lowest BCUT2D eigenvalue weighted by atomic mass is 10.1. The Hall–Kier alpha value is -2.50. The number of nitrogens with zero attached hydrogens (tertiary/aromatic N) is 3. The van der Waals surface area contributed by atoms with E-state index in [1.807, 2.05) is 0 Å². The van der Waals surface area contributed by atoms with E-state index in [9.17, 15) is 9.59 Å². The van der Waals surface area contributed by atoms with Crippen LogP contribution in [-0.2, 0) is 4.74 Å². The van der Waals surface area contributed by atoms with Crippen LogP contribution in [0.15, 0.2) is 24.8 Å². The number of hydrogen-bond donors (Lipinski definition) is 0. The van der Waals surface area contributed by atoms with Crippen LogP contribution in [0.2, 0.25) is 0 Å². The predicted octanol–water partition coefficient (Wildman–Crippen LogP) is 1.17. The van der Waals surface area contributed by atoms with Crippen LogP contribution in [-0.4, -0.2) is 33.9 Å². The second-order valence-corrected chi connectivity index (χ2v) is 3.59. The SMILES string of the molecule is COC(=O)c1c(-n2cncc2C=O)ccnc1C. The van der Waals surface area contributed by atoms with Gasteiger partial charge >= 0.3 is 5.97 Å². The Bertz CT molecular complexity index is 604. The number of rotatable bonds is 3. The number of pyridine rings is 1. The molecule has 0 aromatic carbocycles. The van der Waals surface area contributed by atoms with E-state index in [1.54, 1.807) is 19.2 Å². The molecule has 92 valence electrons. The van der Waals surface area contributed by atoms with Crippen LogP contribution in [0.5, 0.6) is 0 Å². The first-order valence-corrected chi connectivity index (χ1v) is 5.21. The first-order valence-electron chi connectivity index (χ1n) is 5.21. The quantitative estimate of drug-likeness (QED) is 0.599. The number of carbonyl (C=O) groups excluding carboxylic acids is 2. The molecule has 0 aliphatic heterocycles. The van der Waals surface area contributed by atoms with Crippen LogP contribution in [0.25, 0.3) is 5.69 Å².